The van der Waals surface area contributed by atoms with E-state index in [0.717, 1.165) is 0 Å². The number of hydrogen-bond acceptors (Lipinski definition) is 14. The predicted octanol–water partition coefficient (Wildman–Crippen LogP) is -9.49. The van der Waals surface area contributed by atoms with Gasteiger partial charge in [0.2, 0.25) is 0 Å². The van der Waals surface area contributed by atoms with Crippen molar-refractivity contribution in [3.63, 3.8) is 0 Å². The number of nitro groups is 1. The number of hydrogen-bond donors (Lipinski definition) is 0. The molecule has 0 saturated carbocycles. The summed E-state index contributed by atoms with van der Waals surface area (Å²) in [6.07, 6.45) is 7.22. The van der Waals surface area contributed by atoms with Crippen molar-refractivity contribution in [1.82, 2.24) is 9.80 Å². The lowest BCUT2D eigenvalue weighted by molar-refractivity contribution is -2.00. The van der Waals surface area contributed by atoms with Gasteiger partial charge in [-0.2, -0.15) is 0 Å². The molecule has 0 aromatic rings. The highest BCUT2D eigenvalue weighted by Crippen LogP contribution is 2.18. The molecule has 206 valence electrons. The second-order valence-corrected chi connectivity index (χ2v) is 9.21. The Morgan fingerprint density at radius 2 is 0.972 bits per heavy atom. The summed E-state index contributed by atoms with van der Waals surface area (Å²) in [7, 11) is 4.99. The highest BCUT2D eigenvalue weighted by Gasteiger charge is 2.42. The van der Waals surface area contributed by atoms with Crippen molar-refractivity contribution in [3.8, 4) is 0 Å². The maximum absolute atomic E-state index is 11.9. The third kappa shape index (κ3) is 19.7. The smallest absolute Gasteiger partial charge is 0.301 e. The second kappa shape index (κ2) is 15.5. The Bertz CT molecular complexity index is 845. The molecule has 36 heavy (non-hydrogen) atoms. The second-order valence-electron chi connectivity index (χ2n) is 7.70. The predicted molar refractivity (Wildman–Crippen MR) is 106 cm³/mol. The molecule has 1 aliphatic heterocycles. The standard InChI is InChI=1S/C17H29N7O2.2ClHO4/c1-20(2)9-13(10-21(3)4)15-17(24(25)26)16(19-18-15)14(11-22(5)6)12-23(7)8;2*2-1(3,4)5/h9-12,17H,1-8H3;2*(H,2,3,4,5)/q+2;;/p-2. The molecule has 0 radical (unpaired) electrons. The molecule has 17 nitrogen and oxygen atoms in total. The molecule has 0 amide bonds. The van der Waals surface area contributed by atoms with Crippen LogP contribution < -0.4 is 37.3 Å². The zero-order chi connectivity index (χ0) is 29.0. The van der Waals surface area contributed by atoms with Crippen molar-refractivity contribution in [1.29, 1.82) is 0 Å². The number of nitrogens with zero attached hydrogens (tertiary/aromatic N) is 7. The molecular weight excluding hydrogens is 533 g/mol. The van der Waals surface area contributed by atoms with Gasteiger partial charge in [-0.3, -0.25) is 10.1 Å². The first kappa shape index (κ1) is 35.6. The van der Waals surface area contributed by atoms with Gasteiger partial charge >= 0.3 is 6.04 Å². The Kier molecular flexibility index (Phi) is 15.3. The van der Waals surface area contributed by atoms with Crippen molar-refractivity contribution in [3.05, 3.63) is 33.7 Å². The van der Waals surface area contributed by atoms with Gasteiger partial charge in [-0.1, -0.05) is 0 Å². The minimum Gasteiger partial charge on any atom is -0.383 e. The normalized spacial score (nSPS) is 15.8. The molecular formula is C17H29Cl2N7O10. The Morgan fingerprint density at radius 3 is 1.14 bits per heavy atom. The van der Waals surface area contributed by atoms with Crippen LogP contribution >= 0.6 is 0 Å². The van der Waals surface area contributed by atoms with E-state index in [-0.39, 0.29) is 4.92 Å². The van der Waals surface area contributed by atoms with Gasteiger partial charge in [0.05, 0.1) is 11.1 Å². The van der Waals surface area contributed by atoms with Crippen LogP contribution in [-0.4, -0.2) is 110 Å². The summed E-state index contributed by atoms with van der Waals surface area (Å²) in [5.74, 6) is 0. The maximum atomic E-state index is 11.9. The van der Waals surface area contributed by atoms with Crippen LogP contribution in [0.3, 0.4) is 0 Å². The quantitative estimate of drug-likeness (QED) is 0.121. The van der Waals surface area contributed by atoms with Gasteiger partial charge in [0.1, 0.15) is 28.2 Å². The van der Waals surface area contributed by atoms with E-state index in [0.29, 0.717) is 22.6 Å². The molecule has 0 spiro atoms. The topological polar surface area (TPSA) is 265 Å². The largest absolute Gasteiger partial charge is 0.383 e. The zero-order valence-electron chi connectivity index (χ0n) is 20.9. The lowest BCUT2D eigenvalue weighted by Crippen LogP contribution is -2.68. The summed E-state index contributed by atoms with van der Waals surface area (Å²) in [5.41, 5.74) is 1.94. The van der Waals surface area contributed by atoms with Gasteiger partial charge in [-0.05, 0) is 0 Å². The fraction of sp³-hybridized carbons (Fsp3) is 0.529. The third-order valence-corrected chi connectivity index (χ3v) is 3.17. The van der Waals surface area contributed by atoms with Crippen LogP contribution in [0.5, 0.6) is 0 Å². The fourth-order valence-electron chi connectivity index (χ4n) is 2.42. The van der Waals surface area contributed by atoms with Crippen LogP contribution in [0.1, 0.15) is 0 Å². The van der Waals surface area contributed by atoms with Gasteiger partial charge < -0.3 is 9.80 Å². The van der Waals surface area contributed by atoms with E-state index in [1.54, 1.807) is 24.8 Å². The van der Waals surface area contributed by atoms with Gasteiger partial charge in [-0.25, -0.2) is 46.4 Å². The average molecular weight is 562 g/mol. The van der Waals surface area contributed by atoms with E-state index in [1.165, 1.54) is 0 Å². The molecule has 1 heterocycles. The Morgan fingerprint density at radius 1 is 0.722 bits per heavy atom. The third-order valence-electron chi connectivity index (χ3n) is 3.17. The SMILES string of the molecule is CN(C)/C=C(/C=[N+](C)C)C1=NN=C(/C(C=[N+](C)C)=C/N(C)C)C1[N+](=O)[O-].[O-][Cl+3]([O-])([O-])[O-].[O-][Cl+3]([O-])([O-])[O-]. The molecule has 0 aromatic carbocycles. The summed E-state index contributed by atoms with van der Waals surface area (Å²) in [5, 5.41) is 20.2. The van der Waals surface area contributed by atoms with Crippen LogP contribution in [0.15, 0.2) is 33.7 Å². The van der Waals surface area contributed by atoms with E-state index in [9.17, 15) is 10.1 Å². The minimum atomic E-state index is -4.94. The molecule has 0 aliphatic carbocycles. The summed E-state index contributed by atoms with van der Waals surface area (Å²) in [6, 6.07) is -1.13. The van der Waals surface area contributed by atoms with Gasteiger partial charge in [0.25, 0.3) is 0 Å². The van der Waals surface area contributed by atoms with Crippen molar-refractivity contribution < 1.29 is 71.8 Å². The van der Waals surface area contributed by atoms with E-state index in [1.807, 2.05) is 75.3 Å². The molecule has 1 unspecified atom stereocenters. The lowest BCUT2D eigenvalue weighted by atomic mass is 9.97. The molecule has 1 atom stereocenters. The molecule has 19 heteroatoms. The fourth-order valence-corrected chi connectivity index (χ4v) is 2.42. The van der Waals surface area contributed by atoms with Crippen LogP contribution in [0.4, 0.5) is 0 Å². The summed E-state index contributed by atoms with van der Waals surface area (Å²) >= 11 is 0. The molecule has 1 rings (SSSR count). The first-order chi connectivity index (χ1) is 16.0. The highest BCUT2D eigenvalue weighted by molar-refractivity contribution is 6.33. The summed E-state index contributed by atoms with van der Waals surface area (Å²) in [4.78, 5) is 15.2. The first-order valence-corrected chi connectivity index (χ1v) is 11.8. The monoisotopic (exact) mass is 561 g/mol. The zero-order valence-corrected chi connectivity index (χ0v) is 22.4. The van der Waals surface area contributed by atoms with E-state index in [4.69, 9.17) is 37.3 Å². The lowest BCUT2D eigenvalue weighted by Gasteiger charge is -2.17. The number of halogens is 2. The Labute approximate surface area is 212 Å². The van der Waals surface area contributed by atoms with E-state index in [2.05, 4.69) is 10.2 Å². The van der Waals surface area contributed by atoms with Crippen molar-refractivity contribution >= 4 is 23.9 Å². The minimum absolute atomic E-state index is 0.323. The molecule has 0 aromatic heterocycles. The van der Waals surface area contributed by atoms with Crippen LogP contribution in [0.2, 0.25) is 0 Å². The van der Waals surface area contributed by atoms with Gasteiger partial charge in [0.15, 0.2) is 23.9 Å². The molecule has 0 saturated heterocycles. The van der Waals surface area contributed by atoms with Crippen LogP contribution in [-0.2, 0) is 0 Å². The molecule has 0 N–H and O–H groups in total. The van der Waals surface area contributed by atoms with Crippen molar-refractivity contribution in [2.45, 2.75) is 6.04 Å². The van der Waals surface area contributed by atoms with Crippen LogP contribution in [0.25, 0.3) is 0 Å². The van der Waals surface area contributed by atoms with Gasteiger partial charge in [-0.15, -0.1) is 30.7 Å². The maximum Gasteiger partial charge on any atom is 0.301 e. The Balaban J connectivity index is 0. The van der Waals surface area contributed by atoms with E-state index >= 15 is 0 Å². The van der Waals surface area contributed by atoms with Crippen molar-refractivity contribution in [2.24, 2.45) is 10.2 Å². The molecule has 1 aliphatic rings. The molecule has 0 fully saturated rings. The Hall–Kier alpha value is -2.58. The number of rotatable bonds is 7. The average Bonchev–Trinajstić information content (AvgIpc) is 3.01. The van der Waals surface area contributed by atoms with E-state index < -0.39 is 26.5 Å². The summed E-state index contributed by atoms with van der Waals surface area (Å²) in [6.45, 7) is 0. The first-order valence-electron chi connectivity index (χ1n) is 9.35. The van der Waals surface area contributed by atoms with Crippen LogP contribution in [0, 0.1) is 30.6 Å². The highest BCUT2D eigenvalue weighted by atomic mass is 35.7. The van der Waals surface area contributed by atoms with Gasteiger partial charge in [0, 0.05) is 45.5 Å². The summed E-state index contributed by atoms with van der Waals surface area (Å²) < 4.78 is 71.6. The molecule has 0 bridgehead atoms. The van der Waals surface area contributed by atoms with Crippen molar-refractivity contribution in [2.75, 3.05) is 56.4 Å².